The molecule has 0 bridgehead atoms. The Labute approximate surface area is 83.5 Å². The molecule has 1 heterocycles. The number of carbonyl (C=O) groups is 1. The topological polar surface area (TPSA) is 92.0 Å². The van der Waals surface area contributed by atoms with Gasteiger partial charge in [-0.05, 0) is 22.5 Å². The molecular weight excluding hydrogens is 238 g/mol. The molecule has 0 amide bonds. The highest BCUT2D eigenvalue weighted by atomic mass is 79.9. The molecule has 0 aromatic carbocycles. The zero-order chi connectivity index (χ0) is 9.84. The van der Waals surface area contributed by atoms with Crippen molar-refractivity contribution in [1.29, 1.82) is 0 Å². The highest BCUT2D eigenvalue weighted by molar-refractivity contribution is 9.10. The minimum Gasteiger partial charge on any atom is -0.481 e. The molecule has 1 unspecified atom stereocenters. The molecule has 0 radical (unpaired) electrons. The molecule has 0 saturated heterocycles. The fourth-order valence-corrected chi connectivity index (χ4v) is 1.62. The van der Waals surface area contributed by atoms with Crippen molar-refractivity contribution in [1.82, 2.24) is 10.2 Å². The fourth-order valence-electron chi connectivity index (χ4n) is 1.10. The summed E-state index contributed by atoms with van der Waals surface area (Å²) in [6.45, 7) is 0.296. The van der Waals surface area contributed by atoms with E-state index in [4.69, 9.17) is 10.8 Å². The third kappa shape index (κ3) is 2.53. The molecule has 1 aromatic rings. The fraction of sp³-hybridized carbons (Fsp3) is 0.429. The number of hydrogen-bond donors (Lipinski definition) is 3. The molecule has 4 N–H and O–H groups in total. The van der Waals surface area contributed by atoms with E-state index in [0.717, 1.165) is 5.56 Å². The van der Waals surface area contributed by atoms with Gasteiger partial charge < -0.3 is 10.8 Å². The van der Waals surface area contributed by atoms with Gasteiger partial charge in [-0.15, -0.1) is 0 Å². The van der Waals surface area contributed by atoms with E-state index in [-0.39, 0.29) is 12.3 Å². The molecule has 0 saturated carbocycles. The number of nitrogens with two attached hydrogens (primary N) is 1. The van der Waals surface area contributed by atoms with Crippen molar-refractivity contribution in [3.05, 3.63) is 16.4 Å². The van der Waals surface area contributed by atoms with Gasteiger partial charge in [0.25, 0.3) is 0 Å². The SMILES string of the molecule is NCC(CC(=O)O)c1cn[nH]c1Br. The predicted octanol–water partition coefficient (Wildman–Crippen LogP) is 0.689. The van der Waals surface area contributed by atoms with Crippen molar-refractivity contribution in [3.8, 4) is 0 Å². The molecule has 0 fully saturated rings. The second kappa shape index (κ2) is 4.38. The number of aromatic amines is 1. The number of hydrogen-bond acceptors (Lipinski definition) is 3. The van der Waals surface area contributed by atoms with E-state index in [2.05, 4.69) is 26.1 Å². The Morgan fingerprint density at radius 3 is 2.92 bits per heavy atom. The summed E-state index contributed by atoms with van der Waals surface area (Å²) in [5.74, 6) is -1.05. The van der Waals surface area contributed by atoms with Gasteiger partial charge in [-0.1, -0.05) is 0 Å². The molecule has 1 aromatic heterocycles. The summed E-state index contributed by atoms with van der Waals surface area (Å²) >= 11 is 3.23. The minimum absolute atomic E-state index is 0.0225. The van der Waals surface area contributed by atoms with Crippen LogP contribution in [0.4, 0.5) is 0 Å². The Balaban J connectivity index is 2.78. The maximum atomic E-state index is 10.5. The highest BCUT2D eigenvalue weighted by Gasteiger charge is 2.17. The monoisotopic (exact) mass is 247 g/mol. The first-order valence-corrected chi connectivity index (χ1v) is 4.55. The first-order valence-electron chi connectivity index (χ1n) is 3.75. The number of nitrogens with one attached hydrogen (secondary N) is 1. The van der Waals surface area contributed by atoms with Crippen molar-refractivity contribution in [2.45, 2.75) is 12.3 Å². The Morgan fingerprint density at radius 2 is 2.54 bits per heavy atom. The van der Waals surface area contributed by atoms with Crippen LogP contribution in [0.15, 0.2) is 10.8 Å². The van der Waals surface area contributed by atoms with Gasteiger partial charge in [0, 0.05) is 11.5 Å². The van der Waals surface area contributed by atoms with Crippen molar-refractivity contribution < 1.29 is 9.90 Å². The van der Waals surface area contributed by atoms with Crippen LogP contribution in [0.5, 0.6) is 0 Å². The van der Waals surface area contributed by atoms with Gasteiger partial charge in [-0.2, -0.15) is 5.10 Å². The second-order valence-corrected chi connectivity index (χ2v) is 3.46. The molecule has 0 aliphatic rings. The van der Waals surface area contributed by atoms with E-state index < -0.39 is 5.97 Å². The summed E-state index contributed by atoms with van der Waals surface area (Å²) < 4.78 is 0.698. The predicted molar refractivity (Wildman–Crippen MR) is 50.3 cm³/mol. The Morgan fingerprint density at radius 1 is 1.85 bits per heavy atom. The molecule has 72 valence electrons. The quantitative estimate of drug-likeness (QED) is 0.730. The van der Waals surface area contributed by atoms with Crippen LogP contribution in [0.3, 0.4) is 0 Å². The van der Waals surface area contributed by atoms with Crippen molar-refractivity contribution in [2.75, 3.05) is 6.54 Å². The van der Waals surface area contributed by atoms with E-state index in [9.17, 15) is 4.79 Å². The summed E-state index contributed by atoms with van der Waals surface area (Å²) in [6, 6.07) is 0. The molecule has 0 spiro atoms. The third-order valence-corrected chi connectivity index (χ3v) is 2.40. The summed E-state index contributed by atoms with van der Waals surface area (Å²) in [5.41, 5.74) is 6.27. The molecular formula is C7H10BrN3O2. The van der Waals surface area contributed by atoms with Gasteiger partial charge in [-0.3, -0.25) is 9.89 Å². The number of halogens is 1. The number of rotatable bonds is 4. The lowest BCUT2D eigenvalue weighted by Crippen LogP contribution is -2.16. The van der Waals surface area contributed by atoms with Gasteiger partial charge in [-0.25, -0.2) is 0 Å². The first-order chi connectivity index (χ1) is 6.15. The third-order valence-electron chi connectivity index (χ3n) is 1.77. The number of carboxylic acid groups (broad SMARTS) is 1. The lowest BCUT2D eigenvalue weighted by atomic mass is 9.99. The Kier molecular flexibility index (Phi) is 3.44. The molecule has 5 nitrogen and oxygen atoms in total. The van der Waals surface area contributed by atoms with Crippen LogP contribution in [-0.4, -0.2) is 27.8 Å². The van der Waals surface area contributed by atoms with Crippen LogP contribution >= 0.6 is 15.9 Å². The maximum Gasteiger partial charge on any atom is 0.304 e. The second-order valence-electron chi connectivity index (χ2n) is 2.67. The van der Waals surface area contributed by atoms with Crippen LogP contribution in [0, 0.1) is 0 Å². The Hall–Kier alpha value is -0.880. The van der Waals surface area contributed by atoms with E-state index in [0.29, 0.717) is 11.1 Å². The smallest absolute Gasteiger partial charge is 0.304 e. The van der Waals surface area contributed by atoms with Gasteiger partial charge in [0.15, 0.2) is 0 Å². The van der Waals surface area contributed by atoms with E-state index >= 15 is 0 Å². The van der Waals surface area contributed by atoms with Gasteiger partial charge >= 0.3 is 5.97 Å². The van der Waals surface area contributed by atoms with Crippen LogP contribution in [-0.2, 0) is 4.79 Å². The van der Waals surface area contributed by atoms with Gasteiger partial charge in [0.05, 0.1) is 12.6 Å². The van der Waals surface area contributed by atoms with Crippen molar-refractivity contribution in [3.63, 3.8) is 0 Å². The lowest BCUT2D eigenvalue weighted by Gasteiger charge is -2.09. The Bertz CT molecular complexity index is 300. The summed E-state index contributed by atoms with van der Waals surface area (Å²) in [4.78, 5) is 10.5. The first kappa shape index (κ1) is 10.2. The maximum absolute atomic E-state index is 10.5. The molecule has 0 aliphatic carbocycles. The van der Waals surface area contributed by atoms with E-state index in [1.807, 2.05) is 0 Å². The highest BCUT2D eigenvalue weighted by Crippen LogP contribution is 2.24. The summed E-state index contributed by atoms with van der Waals surface area (Å²) in [5, 5.41) is 15.1. The van der Waals surface area contributed by atoms with Gasteiger partial charge in [0.2, 0.25) is 0 Å². The number of aromatic nitrogens is 2. The minimum atomic E-state index is -0.858. The largest absolute Gasteiger partial charge is 0.481 e. The number of aliphatic carboxylic acids is 1. The average molecular weight is 248 g/mol. The normalized spacial score (nSPS) is 12.8. The van der Waals surface area contributed by atoms with Crippen LogP contribution in [0.2, 0.25) is 0 Å². The molecule has 13 heavy (non-hydrogen) atoms. The van der Waals surface area contributed by atoms with E-state index in [1.165, 1.54) is 0 Å². The van der Waals surface area contributed by atoms with Crippen LogP contribution in [0.25, 0.3) is 0 Å². The summed E-state index contributed by atoms with van der Waals surface area (Å²) in [6.07, 6.45) is 1.61. The van der Waals surface area contributed by atoms with E-state index in [1.54, 1.807) is 6.20 Å². The molecule has 6 heteroatoms. The van der Waals surface area contributed by atoms with Crippen molar-refractivity contribution >= 4 is 21.9 Å². The molecule has 1 atom stereocenters. The average Bonchev–Trinajstić information content (AvgIpc) is 2.47. The van der Waals surface area contributed by atoms with Crippen LogP contribution < -0.4 is 5.73 Å². The lowest BCUT2D eigenvalue weighted by molar-refractivity contribution is -0.137. The number of nitrogens with zero attached hydrogens (tertiary/aromatic N) is 1. The van der Waals surface area contributed by atoms with Crippen LogP contribution in [0.1, 0.15) is 17.9 Å². The van der Waals surface area contributed by atoms with Crippen molar-refractivity contribution in [2.24, 2.45) is 5.73 Å². The standard InChI is InChI=1S/C7H10BrN3O2/c8-7-5(3-10-11-7)4(2-9)1-6(12)13/h3-4H,1-2,9H2,(H,10,11)(H,12,13). The number of carboxylic acids is 1. The molecule has 0 aliphatic heterocycles. The zero-order valence-corrected chi connectivity index (χ0v) is 8.41. The molecule has 1 rings (SSSR count). The van der Waals surface area contributed by atoms with Gasteiger partial charge in [0.1, 0.15) is 4.60 Å². The summed E-state index contributed by atoms with van der Waals surface area (Å²) in [7, 11) is 0. The number of H-pyrrole nitrogens is 1. The zero-order valence-electron chi connectivity index (χ0n) is 6.83.